The van der Waals surface area contributed by atoms with Crippen LogP contribution in [0.25, 0.3) is 0 Å². The normalized spacial score (nSPS) is 19.5. The summed E-state index contributed by atoms with van der Waals surface area (Å²) in [4.78, 5) is 44.3. The summed E-state index contributed by atoms with van der Waals surface area (Å²) in [5, 5.41) is 11.7. The van der Waals surface area contributed by atoms with E-state index in [2.05, 4.69) is 20.5 Å². The quantitative estimate of drug-likeness (QED) is 0.704. The number of hydrogen-bond donors (Lipinski definition) is 2. The van der Waals surface area contributed by atoms with Crippen molar-refractivity contribution in [3.05, 3.63) is 37.7 Å². The van der Waals surface area contributed by atoms with Crippen molar-refractivity contribution in [3.63, 3.8) is 0 Å². The van der Waals surface area contributed by atoms with E-state index in [-0.39, 0.29) is 23.1 Å². The summed E-state index contributed by atoms with van der Waals surface area (Å²) >= 11 is 7.51. The molecule has 2 N–H and O–H groups in total. The Hall–Kier alpha value is -2.66. The minimum Gasteiger partial charge on any atom is -0.444 e. The van der Waals surface area contributed by atoms with Crippen LogP contribution in [0.1, 0.15) is 34.8 Å². The first-order valence-electron chi connectivity index (χ1n) is 10.1. The molecule has 2 aromatic rings. The number of piperidine rings is 1. The molecule has 0 saturated carbocycles. The molecule has 2 aliphatic rings. The summed E-state index contributed by atoms with van der Waals surface area (Å²) in [5.74, 6) is -0.0654. The highest BCUT2D eigenvalue weighted by atomic mass is 35.5. The predicted octanol–water partition coefficient (Wildman–Crippen LogP) is 1.80. The number of carbonyl (C=O) groups is 2. The number of aryl methyl sites for hydroxylation is 1. The standard InChI is InChI=1S/C19H23ClN6O4S/c1-11-22-14(10-31-11)18(28)25-5-2-12(3-6-25)23-19(29)30-13-4-7-26(9-13)15-8-21-24-17(27)16(15)20/h8,10,12-13H,2-7,9H2,1H3,(H,23,29)(H,24,27)/t13-/m1/s1. The summed E-state index contributed by atoms with van der Waals surface area (Å²) in [6.07, 6.45) is 2.68. The molecule has 12 heteroatoms. The number of thiazole rings is 1. The largest absolute Gasteiger partial charge is 0.444 e. The Labute approximate surface area is 187 Å². The molecule has 0 spiro atoms. The van der Waals surface area contributed by atoms with Crippen molar-refractivity contribution in [1.29, 1.82) is 0 Å². The lowest BCUT2D eigenvalue weighted by Crippen LogP contribution is -2.47. The molecule has 0 unspecified atom stereocenters. The highest BCUT2D eigenvalue weighted by molar-refractivity contribution is 7.09. The van der Waals surface area contributed by atoms with Crippen LogP contribution in [0.3, 0.4) is 0 Å². The molecule has 0 aliphatic carbocycles. The van der Waals surface area contributed by atoms with Gasteiger partial charge < -0.3 is 19.9 Å². The second-order valence-electron chi connectivity index (χ2n) is 7.62. The number of H-pyrrole nitrogens is 1. The molecular weight excluding hydrogens is 444 g/mol. The number of halogens is 1. The van der Waals surface area contributed by atoms with Gasteiger partial charge in [0.2, 0.25) is 0 Å². The van der Waals surface area contributed by atoms with Crippen LogP contribution in [0.2, 0.25) is 5.02 Å². The Morgan fingerprint density at radius 1 is 1.29 bits per heavy atom. The second kappa shape index (κ2) is 9.23. The van der Waals surface area contributed by atoms with E-state index in [1.54, 1.807) is 10.3 Å². The number of amides is 2. The Kier molecular flexibility index (Phi) is 6.42. The molecule has 2 fully saturated rings. The number of nitrogens with zero attached hydrogens (tertiary/aromatic N) is 4. The van der Waals surface area contributed by atoms with E-state index in [1.807, 2.05) is 11.8 Å². The Morgan fingerprint density at radius 2 is 2.06 bits per heavy atom. The number of alkyl carbamates (subject to hydrolysis) is 1. The van der Waals surface area contributed by atoms with Gasteiger partial charge in [0.15, 0.2) is 0 Å². The molecular formula is C19H23ClN6O4S. The van der Waals surface area contributed by atoms with E-state index >= 15 is 0 Å². The number of aromatic nitrogens is 3. The Morgan fingerprint density at radius 3 is 2.77 bits per heavy atom. The van der Waals surface area contributed by atoms with Gasteiger partial charge in [0.25, 0.3) is 11.5 Å². The van der Waals surface area contributed by atoms with Gasteiger partial charge in [-0.25, -0.2) is 14.9 Å². The van der Waals surface area contributed by atoms with E-state index < -0.39 is 11.7 Å². The molecule has 4 heterocycles. The highest BCUT2D eigenvalue weighted by Crippen LogP contribution is 2.26. The van der Waals surface area contributed by atoms with E-state index in [9.17, 15) is 14.4 Å². The third kappa shape index (κ3) is 4.99. The van der Waals surface area contributed by atoms with Crippen LogP contribution in [0.5, 0.6) is 0 Å². The van der Waals surface area contributed by atoms with Gasteiger partial charge in [-0.2, -0.15) is 5.10 Å². The number of rotatable bonds is 4. The van der Waals surface area contributed by atoms with Crippen molar-refractivity contribution in [1.82, 2.24) is 25.4 Å². The fraction of sp³-hybridized carbons (Fsp3) is 0.526. The van der Waals surface area contributed by atoms with Gasteiger partial charge in [-0.3, -0.25) is 9.59 Å². The topological polar surface area (TPSA) is 121 Å². The zero-order valence-corrected chi connectivity index (χ0v) is 18.5. The molecule has 31 heavy (non-hydrogen) atoms. The Balaban J connectivity index is 1.22. The third-order valence-electron chi connectivity index (χ3n) is 5.48. The number of likely N-dealkylation sites (tertiary alicyclic amines) is 1. The zero-order valence-electron chi connectivity index (χ0n) is 17.0. The average molecular weight is 467 g/mol. The first-order chi connectivity index (χ1) is 14.9. The number of anilines is 1. The lowest BCUT2D eigenvalue weighted by atomic mass is 10.1. The summed E-state index contributed by atoms with van der Waals surface area (Å²) in [5.41, 5.74) is 0.565. The van der Waals surface area contributed by atoms with Gasteiger partial charge in [-0.1, -0.05) is 11.6 Å². The molecule has 4 rings (SSSR count). The molecule has 0 bridgehead atoms. The van der Waals surface area contributed by atoms with Crippen LogP contribution in [0.15, 0.2) is 16.4 Å². The van der Waals surface area contributed by atoms with Crippen LogP contribution in [0, 0.1) is 6.92 Å². The SMILES string of the molecule is Cc1nc(C(=O)N2CCC(NC(=O)O[C@@H]3CCN(c4cn[nH]c(=O)c4Cl)C3)CC2)cs1. The fourth-order valence-corrected chi connectivity index (χ4v) is 4.64. The van der Waals surface area contributed by atoms with Gasteiger partial charge >= 0.3 is 6.09 Å². The van der Waals surface area contributed by atoms with Gasteiger partial charge in [0, 0.05) is 37.5 Å². The molecule has 2 saturated heterocycles. The predicted molar refractivity (Wildman–Crippen MR) is 116 cm³/mol. The first-order valence-corrected chi connectivity index (χ1v) is 11.3. The van der Waals surface area contributed by atoms with Crippen LogP contribution in [-0.2, 0) is 4.74 Å². The molecule has 2 aromatic heterocycles. The van der Waals surface area contributed by atoms with Crippen molar-refractivity contribution in [2.24, 2.45) is 0 Å². The lowest BCUT2D eigenvalue weighted by Gasteiger charge is -2.32. The zero-order chi connectivity index (χ0) is 22.0. The van der Waals surface area contributed by atoms with Gasteiger partial charge in [-0.05, 0) is 19.8 Å². The maximum atomic E-state index is 12.5. The molecule has 1 atom stereocenters. The van der Waals surface area contributed by atoms with Crippen LogP contribution in [0.4, 0.5) is 10.5 Å². The monoisotopic (exact) mass is 466 g/mol. The van der Waals surface area contributed by atoms with Gasteiger partial charge in [-0.15, -0.1) is 11.3 Å². The fourth-order valence-electron chi connectivity index (χ4n) is 3.84. The number of hydrogen-bond acceptors (Lipinski definition) is 8. The van der Waals surface area contributed by atoms with E-state index in [1.165, 1.54) is 17.5 Å². The van der Waals surface area contributed by atoms with Crippen molar-refractivity contribution < 1.29 is 14.3 Å². The molecule has 166 valence electrons. The molecule has 2 amide bonds. The van der Waals surface area contributed by atoms with Crippen LogP contribution < -0.4 is 15.8 Å². The molecule has 0 radical (unpaired) electrons. The highest BCUT2D eigenvalue weighted by Gasteiger charge is 2.30. The van der Waals surface area contributed by atoms with E-state index in [0.717, 1.165) is 5.01 Å². The maximum Gasteiger partial charge on any atom is 0.407 e. The summed E-state index contributed by atoms with van der Waals surface area (Å²) in [6.45, 7) is 4.05. The minimum absolute atomic E-state index is 0.0439. The second-order valence-corrected chi connectivity index (χ2v) is 9.06. The smallest absolute Gasteiger partial charge is 0.407 e. The van der Waals surface area contributed by atoms with Gasteiger partial charge in [0.05, 0.1) is 23.4 Å². The van der Waals surface area contributed by atoms with Crippen LogP contribution in [-0.4, -0.2) is 70.4 Å². The molecule has 2 aliphatic heterocycles. The number of nitrogens with one attached hydrogen (secondary N) is 2. The van der Waals surface area contributed by atoms with Crippen molar-refractivity contribution in [3.8, 4) is 0 Å². The van der Waals surface area contributed by atoms with Crippen molar-refractivity contribution in [2.75, 3.05) is 31.1 Å². The average Bonchev–Trinajstić information content (AvgIpc) is 3.39. The maximum absolute atomic E-state index is 12.5. The molecule has 0 aromatic carbocycles. The van der Waals surface area contributed by atoms with Crippen molar-refractivity contribution in [2.45, 2.75) is 38.3 Å². The Bertz CT molecular complexity index is 1020. The summed E-state index contributed by atoms with van der Waals surface area (Å²) in [6, 6.07) is -0.0439. The number of ether oxygens (including phenoxy) is 1. The van der Waals surface area contributed by atoms with Gasteiger partial charge in [0.1, 0.15) is 16.8 Å². The lowest BCUT2D eigenvalue weighted by molar-refractivity contribution is 0.0688. The summed E-state index contributed by atoms with van der Waals surface area (Å²) < 4.78 is 5.55. The van der Waals surface area contributed by atoms with E-state index in [0.29, 0.717) is 56.8 Å². The minimum atomic E-state index is -0.470. The third-order valence-corrected chi connectivity index (χ3v) is 6.62. The summed E-state index contributed by atoms with van der Waals surface area (Å²) in [7, 11) is 0. The molecule has 10 nitrogen and oxygen atoms in total. The number of carbonyl (C=O) groups excluding carboxylic acids is 2. The van der Waals surface area contributed by atoms with Crippen molar-refractivity contribution >= 4 is 40.6 Å². The van der Waals surface area contributed by atoms with Crippen LogP contribution >= 0.6 is 22.9 Å². The first kappa shape index (κ1) is 21.6. The number of aromatic amines is 1. The van der Waals surface area contributed by atoms with E-state index in [4.69, 9.17) is 16.3 Å².